The first-order chi connectivity index (χ1) is 13.1. The maximum Gasteiger partial charge on any atom is 0.248 e. The molecule has 3 rings (SSSR count). The van der Waals surface area contributed by atoms with Crippen molar-refractivity contribution in [2.75, 3.05) is 13.1 Å². The largest absolute Gasteiger partial charge is 0.340 e. The zero-order valence-electron chi connectivity index (χ0n) is 16.0. The van der Waals surface area contributed by atoms with Crippen molar-refractivity contribution in [2.24, 2.45) is 0 Å². The van der Waals surface area contributed by atoms with E-state index in [-0.39, 0.29) is 11.8 Å². The summed E-state index contributed by atoms with van der Waals surface area (Å²) in [6, 6.07) is 17.9. The van der Waals surface area contributed by atoms with Crippen LogP contribution in [0.1, 0.15) is 37.5 Å². The topological polar surface area (TPSA) is 40.6 Å². The van der Waals surface area contributed by atoms with Gasteiger partial charge in [0, 0.05) is 43.4 Å². The fraction of sp³-hybridized carbons (Fsp3) is 0.217. The highest BCUT2D eigenvalue weighted by molar-refractivity contribution is 6.03. The number of benzene rings is 2. The van der Waals surface area contributed by atoms with Crippen molar-refractivity contribution in [2.45, 2.75) is 20.8 Å². The van der Waals surface area contributed by atoms with Gasteiger partial charge in [0.25, 0.3) is 0 Å². The fourth-order valence-corrected chi connectivity index (χ4v) is 3.34. The molecule has 0 aromatic heterocycles. The van der Waals surface area contributed by atoms with Gasteiger partial charge < -0.3 is 4.90 Å². The van der Waals surface area contributed by atoms with Gasteiger partial charge in [-0.1, -0.05) is 54.6 Å². The first kappa shape index (κ1) is 18.6. The molecule has 2 aromatic carbocycles. The van der Waals surface area contributed by atoms with Crippen molar-refractivity contribution >= 4 is 23.1 Å². The van der Waals surface area contributed by atoms with Crippen LogP contribution in [-0.4, -0.2) is 34.7 Å². The Morgan fingerprint density at radius 2 is 1.52 bits per heavy atom. The number of carbonyl (C=O) groups excluding carboxylic acids is 2. The molecule has 0 bridgehead atoms. The van der Waals surface area contributed by atoms with E-state index in [2.05, 4.69) is 0 Å². The van der Waals surface area contributed by atoms with Crippen LogP contribution >= 0.6 is 0 Å². The molecule has 138 valence electrons. The number of amides is 2. The summed E-state index contributed by atoms with van der Waals surface area (Å²) in [5, 5.41) is 0. The summed E-state index contributed by atoms with van der Waals surface area (Å²) in [7, 11) is 0. The second-order valence-corrected chi connectivity index (χ2v) is 6.38. The number of hydrogen-bond donors (Lipinski definition) is 0. The molecular formula is C23H24N2O2. The second-order valence-electron chi connectivity index (χ2n) is 6.38. The average Bonchev–Trinajstić information content (AvgIpc) is 2.69. The van der Waals surface area contributed by atoms with Crippen LogP contribution in [-0.2, 0) is 9.59 Å². The summed E-state index contributed by atoms with van der Waals surface area (Å²) in [5.41, 5.74) is 4.52. The molecule has 0 N–H and O–H groups in total. The van der Waals surface area contributed by atoms with Gasteiger partial charge >= 0.3 is 0 Å². The van der Waals surface area contributed by atoms with Gasteiger partial charge in [-0.25, -0.2) is 0 Å². The van der Waals surface area contributed by atoms with E-state index in [0.717, 1.165) is 22.3 Å². The third-order valence-corrected chi connectivity index (χ3v) is 4.77. The smallest absolute Gasteiger partial charge is 0.248 e. The maximum atomic E-state index is 12.7. The molecule has 0 spiro atoms. The lowest BCUT2D eigenvalue weighted by Gasteiger charge is -2.30. The zero-order valence-corrected chi connectivity index (χ0v) is 16.0. The Bertz CT molecular complexity index is 909. The minimum atomic E-state index is -0.128. The predicted molar refractivity (Wildman–Crippen MR) is 108 cm³/mol. The molecule has 0 saturated carbocycles. The SMILES string of the molecule is CCN(CC)C(=O)/C=C1\c2ccccc2C(c2ccccc2)=CN1C(C)=O. The van der Waals surface area contributed by atoms with Crippen LogP contribution in [0.2, 0.25) is 0 Å². The lowest BCUT2D eigenvalue weighted by molar-refractivity contribution is -0.125. The lowest BCUT2D eigenvalue weighted by atomic mass is 9.89. The van der Waals surface area contributed by atoms with E-state index in [9.17, 15) is 9.59 Å². The van der Waals surface area contributed by atoms with Crippen LogP contribution in [0.5, 0.6) is 0 Å². The van der Waals surface area contributed by atoms with Crippen molar-refractivity contribution < 1.29 is 9.59 Å². The van der Waals surface area contributed by atoms with Crippen molar-refractivity contribution in [1.29, 1.82) is 0 Å². The Morgan fingerprint density at radius 1 is 0.926 bits per heavy atom. The van der Waals surface area contributed by atoms with Crippen molar-refractivity contribution in [3.8, 4) is 0 Å². The van der Waals surface area contributed by atoms with Gasteiger partial charge in [-0.15, -0.1) is 0 Å². The monoisotopic (exact) mass is 360 g/mol. The van der Waals surface area contributed by atoms with E-state index in [4.69, 9.17) is 0 Å². The molecule has 4 nitrogen and oxygen atoms in total. The molecular weight excluding hydrogens is 336 g/mol. The molecule has 0 fully saturated rings. The van der Waals surface area contributed by atoms with E-state index < -0.39 is 0 Å². The highest BCUT2D eigenvalue weighted by Gasteiger charge is 2.26. The number of hydrogen-bond acceptors (Lipinski definition) is 2. The minimum absolute atomic E-state index is 0.0902. The van der Waals surface area contributed by atoms with Crippen molar-refractivity contribution in [3.63, 3.8) is 0 Å². The van der Waals surface area contributed by atoms with Crippen LogP contribution in [0.25, 0.3) is 11.3 Å². The van der Waals surface area contributed by atoms with E-state index in [1.165, 1.54) is 6.92 Å². The number of likely N-dealkylation sites (N-methyl/N-ethyl adjacent to an activating group) is 1. The second kappa shape index (κ2) is 8.04. The molecule has 1 aliphatic heterocycles. The van der Waals surface area contributed by atoms with Gasteiger partial charge in [0.1, 0.15) is 0 Å². The standard InChI is InChI=1S/C23H24N2O2/c1-4-24(5-2)23(27)15-22-20-14-10-9-13-19(20)21(16-25(22)17(3)26)18-11-7-6-8-12-18/h6-16H,4-5H2,1-3H3/b22-15+. The number of rotatable bonds is 4. The third kappa shape index (κ3) is 3.70. The van der Waals surface area contributed by atoms with E-state index in [1.807, 2.05) is 74.6 Å². The van der Waals surface area contributed by atoms with E-state index in [0.29, 0.717) is 18.8 Å². The number of fused-ring (bicyclic) bond motifs is 1. The molecule has 1 aliphatic rings. The number of nitrogens with zero attached hydrogens (tertiary/aromatic N) is 2. The molecule has 0 unspecified atom stereocenters. The van der Waals surface area contributed by atoms with Crippen LogP contribution in [0.4, 0.5) is 0 Å². The Morgan fingerprint density at radius 3 is 2.11 bits per heavy atom. The van der Waals surface area contributed by atoms with Gasteiger partial charge in [0.15, 0.2) is 0 Å². The molecule has 0 aliphatic carbocycles. The van der Waals surface area contributed by atoms with Gasteiger partial charge in [-0.05, 0) is 25.0 Å². The van der Waals surface area contributed by atoms with Crippen LogP contribution in [0, 0.1) is 0 Å². The molecule has 0 saturated heterocycles. The van der Waals surface area contributed by atoms with Crippen molar-refractivity contribution in [3.05, 3.63) is 83.6 Å². The predicted octanol–water partition coefficient (Wildman–Crippen LogP) is 4.15. The lowest BCUT2D eigenvalue weighted by Crippen LogP contribution is -2.31. The fourth-order valence-electron chi connectivity index (χ4n) is 3.34. The summed E-state index contributed by atoms with van der Waals surface area (Å²) in [5.74, 6) is -0.218. The Labute approximate surface area is 160 Å². The summed E-state index contributed by atoms with van der Waals surface area (Å²) >= 11 is 0. The molecule has 1 heterocycles. The van der Waals surface area contributed by atoms with Gasteiger partial charge in [0.05, 0.1) is 5.70 Å². The quantitative estimate of drug-likeness (QED) is 0.769. The normalized spacial score (nSPS) is 14.6. The van der Waals surface area contributed by atoms with Gasteiger partial charge in [0.2, 0.25) is 11.8 Å². The number of carbonyl (C=O) groups is 2. The van der Waals surface area contributed by atoms with Crippen LogP contribution < -0.4 is 0 Å². The molecule has 0 radical (unpaired) electrons. The Hall–Kier alpha value is -3.14. The highest BCUT2D eigenvalue weighted by atomic mass is 16.2. The molecule has 2 aromatic rings. The van der Waals surface area contributed by atoms with Crippen LogP contribution in [0.15, 0.2) is 66.9 Å². The summed E-state index contributed by atoms with van der Waals surface area (Å²) in [6.07, 6.45) is 3.41. The molecule has 27 heavy (non-hydrogen) atoms. The Balaban J connectivity index is 2.18. The van der Waals surface area contributed by atoms with Crippen molar-refractivity contribution in [1.82, 2.24) is 9.80 Å². The van der Waals surface area contributed by atoms with Gasteiger partial charge in [-0.3, -0.25) is 14.5 Å². The summed E-state index contributed by atoms with van der Waals surface area (Å²) < 4.78 is 0. The Kier molecular flexibility index (Phi) is 5.55. The average molecular weight is 360 g/mol. The summed E-state index contributed by atoms with van der Waals surface area (Å²) in [4.78, 5) is 28.4. The first-order valence-electron chi connectivity index (χ1n) is 9.24. The molecule has 2 amide bonds. The first-order valence-corrected chi connectivity index (χ1v) is 9.24. The molecule has 0 atom stereocenters. The van der Waals surface area contributed by atoms with E-state index in [1.54, 1.807) is 15.9 Å². The third-order valence-electron chi connectivity index (χ3n) is 4.77. The summed E-state index contributed by atoms with van der Waals surface area (Å²) in [6.45, 7) is 6.68. The highest BCUT2D eigenvalue weighted by Crippen LogP contribution is 2.37. The minimum Gasteiger partial charge on any atom is -0.340 e. The zero-order chi connectivity index (χ0) is 19.4. The maximum absolute atomic E-state index is 12.7. The van der Waals surface area contributed by atoms with E-state index >= 15 is 0 Å². The molecule has 4 heteroatoms. The van der Waals surface area contributed by atoms with Crippen LogP contribution in [0.3, 0.4) is 0 Å². The van der Waals surface area contributed by atoms with Gasteiger partial charge in [-0.2, -0.15) is 0 Å².